The number of rotatable bonds is 4. The van der Waals surface area contributed by atoms with Gasteiger partial charge in [0.2, 0.25) is 0 Å². The van der Waals surface area contributed by atoms with Crippen LogP contribution in [-0.4, -0.2) is 21.3 Å². The molecule has 98 valence electrons. The maximum atomic E-state index is 12.9. The topological polar surface area (TPSA) is 70.7 Å². The first-order valence-electron chi connectivity index (χ1n) is 6.16. The zero-order valence-electron chi connectivity index (χ0n) is 10.1. The van der Waals surface area contributed by atoms with E-state index in [-0.39, 0.29) is 23.5 Å². The SMILES string of the molecule is O=C(N[C@H](c1ccc(F)cc1)C1CC1)c1cn[nH]n1. The Morgan fingerprint density at radius 3 is 2.68 bits per heavy atom. The normalized spacial score (nSPS) is 16.1. The summed E-state index contributed by atoms with van der Waals surface area (Å²) in [7, 11) is 0. The van der Waals surface area contributed by atoms with Gasteiger partial charge >= 0.3 is 0 Å². The van der Waals surface area contributed by atoms with Crippen LogP contribution in [-0.2, 0) is 0 Å². The Balaban J connectivity index is 1.78. The van der Waals surface area contributed by atoms with Crippen LogP contribution in [0.2, 0.25) is 0 Å². The van der Waals surface area contributed by atoms with Crippen molar-refractivity contribution in [3.8, 4) is 0 Å². The van der Waals surface area contributed by atoms with Crippen molar-refractivity contribution >= 4 is 5.91 Å². The molecule has 0 spiro atoms. The minimum absolute atomic E-state index is 0.0928. The van der Waals surface area contributed by atoms with E-state index in [1.165, 1.54) is 18.3 Å². The maximum absolute atomic E-state index is 12.9. The zero-order chi connectivity index (χ0) is 13.2. The fraction of sp³-hybridized carbons (Fsp3) is 0.308. The van der Waals surface area contributed by atoms with Gasteiger partial charge in [-0.3, -0.25) is 4.79 Å². The van der Waals surface area contributed by atoms with Gasteiger partial charge in [0.25, 0.3) is 5.91 Å². The van der Waals surface area contributed by atoms with E-state index < -0.39 is 0 Å². The lowest BCUT2D eigenvalue weighted by Crippen LogP contribution is -2.30. The van der Waals surface area contributed by atoms with Gasteiger partial charge in [-0.25, -0.2) is 4.39 Å². The lowest BCUT2D eigenvalue weighted by molar-refractivity contribution is 0.0926. The van der Waals surface area contributed by atoms with Crippen molar-refractivity contribution in [2.75, 3.05) is 0 Å². The highest BCUT2D eigenvalue weighted by Crippen LogP contribution is 2.41. The lowest BCUT2D eigenvalue weighted by Gasteiger charge is -2.18. The summed E-state index contributed by atoms with van der Waals surface area (Å²) in [4.78, 5) is 12.0. The lowest BCUT2D eigenvalue weighted by atomic mass is 10.0. The predicted molar refractivity (Wildman–Crippen MR) is 65.7 cm³/mol. The van der Waals surface area contributed by atoms with Crippen molar-refractivity contribution in [3.63, 3.8) is 0 Å². The monoisotopic (exact) mass is 260 g/mol. The standard InChI is InChI=1S/C13H13FN4O/c14-10-5-3-9(4-6-10)12(8-1-2-8)16-13(19)11-7-15-18-17-11/h3-8,12H,1-2H2,(H,16,19)(H,15,17,18)/t12-/m0/s1. The number of carbonyl (C=O) groups excluding carboxylic acids is 1. The van der Waals surface area contributed by atoms with Gasteiger partial charge in [-0.05, 0) is 36.5 Å². The summed E-state index contributed by atoms with van der Waals surface area (Å²) in [6.07, 6.45) is 3.52. The van der Waals surface area contributed by atoms with Gasteiger partial charge in [0.1, 0.15) is 5.82 Å². The molecule has 1 aliphatic carbocycles. The third kappa shape index (κ3) is 2.62. The number of aromatic nitrogens is 3. The molecule has 0 bridgehead atoms. The van der Waals surface area contributed by atoms with Crippen LogP contribution in [0.4, 0.5) is 4.39 Å². The van der Waals surface area contributed by atoms with Crippen LogP contribution < -0.4 is 5.32 Å². The van der Waals surface area contributed by atoms with Gasteiger partial charge in [-0.1, -0.05) is 12.1 Å². The summed E-state index contributed by atoms with van der Waals surface area (Å²) >= 11 is 0. The van der Waals surface area contributed by atoms with E-state index in [1.807, 2.05) is 0 Å². The summed E-state index contributed by atoms with van der Waals surface area (Å²) in [5, 5.41) is 12.7. The van der Waals surface area contributed by atoms with Crippen LogP contribution in [0.15, 0.2) is 30.5 Å². The molecule has 1 aromatic carbocycles. The number of hydrogen-bond acceptors (Lipinski definition) is 3. The van der Waals surface area contributed by atoms with Crippen molar-refractivity contribution in [3.05, 3.63) is 47.5 Å². The van der Waals surface area contributed by atoms with E-state index in [4.69, 9.17) is 0 Å². The van der Waals surface area contributed by atoms with Crippen molar-refractivity contribution < 1.29 is 9.18 Å². The minimum atomic E-state index is -0.277. The van der Waals surface area contributed by atoms with Gasteiger partial charge in [-0.15, -0.1) is 0 Å². The molecule has 0 unspecified atom stereocenters. The number of amides is 1. The molecule has 2 N–H and O–H groups in total. The summed E-state index contributed by atoms with van der Waals surface area (Å²) < 4.78 is 12.9. The van der Waals surface area contributed by atoms with Crippen LogP contribution in [0.25, 0.3) is 0 Å². The minimum Gasteiger partial charge on any atom is -0.344 e. The van der Waals surface area contributed by atoms with Crippen molar-refractivity contribution in [2.45, 2.75) is 18.9 Å². The highest BCUT2D eigenvalue weighted by molar-refractivity contribution is 5.92. The second-order valence-corrected chi connectivity index (χ2v) is 4.70. The third-order valence-corrected chi connectivity index (χ3v) is 3.26. The molecule has 19 heavy (non-hydrogen) atoms. The van der Waals surface area contributed by atoms with E-state index in [2.05, 4.69) is 20.7 Å². The van der Waals surface area contributed by atoms with E-state index in [0.29, 0.717) is 5.92 Å². The van der Waals surface area contributed by atoms with Gasteiger partial charge < -0.3 is 5.32 Å². The maximum Gasteiger partial charge on any atom is 0.273 e. The van der Waals surface area contributed by atoms with Crippen LogP contribution >= 0.6 is 0 Å². The van der Waals surface area contributed by atoms with Gasteiger partial charge in [-0.2, -0.15) is 15.4 Å². The summed E-state index contributed by atoms with van der Waals surface area (Å²) in [6.45, 7) is 0. The number of carbonyl (C=O) groups is 1. The molecule has 3 rings (SSSR count). The predicted octanol–water partition coefficient (Wildman–Crippen LogP) is 1.82. The fourth-order valence-corrected chi connectivity index (χ4v) is 2.10. The van der Waals surface area contributed by atoms with E-state index >= 15 is 0 Å². The molecule has 0 saturated heterocycles. The fourth-order valence-electron chi connectivity index (χ4n) is 2.10. The number of halogens is 1. The molecular formula is C13H13FN4O. The van der Waals surface area contributed by atoms with Crippen molar-refractivity contribution in [1.29, 1.82) is 0 Å². The smallest absolute Gasteiger partial charge is 0.273 e. The molecule has 0 radical (unpaired) electrons. The van der Waals surface area contributed by atoms with Gasteiger partial charge in [0.05, 0.1) is 12.2 Å². The van der Waals surface area contributed by atoms with Gasteiger partial charge in [0.15, 0.2) is 5.69 Å². The molecule has 1 heterocycles. The number of aromatic amines is 1. The average Bonchev–Trinajstić information content (AvgIpc) is 3.10. The summed E-state index contributed by atoms with van der Waals surface area (Å²) in [5.41, 5.74) is 1.17. The Hall–Kier alpha value is -2.24. The highest BCUT2D eigenvalue weighted by Gasteiger charge is 2.33. The number of benzene rings is 1. The van der Waals surface area contributed by atoms with Crippen molar-refractivity contribution in [1.82, 2.24) is 20.7 Å². The largest absolute Gasteiger partial charge is 0.344 e. The van der Waals surface area contributed by atoms with Crippen LogP contribution in [0.5, 0.6) is 0 Å². The number of nitrogens with one attached hydrogen (secondary N) is 2. The summed E-state index contributed by atoms with van der Waals surface area (Å²) in [6, 6.07) is 6.15. The Morgan fingerprint density at radius 2 is 2.11 bits per heavy atom. The first-order chi connectivity index (χ1) is 9.24. The molecule has 1 fully saturated rings. The molecule has 0 aliphatic heterocycles. The Morgan fingerprint density at radius 1 is 1.37 bits per heavy atom. The molecular weight excluding hydrogens is 247 g/mol. The molecule has 1 atom stereocenters. The molecule has 1 aromatic heterocycles. The van der Waals surface area contributed by atoms with Gasteiger partial charge in [0, 0.05) is 0 Å². The average molecular weight is 260 g/mol. The Labute approximate surface area is 109 Å². The first-order valence-corrected chi connectivity index (χ1v) is 6.16. The van der Waals surface area contributed by atoms with Crippen LogP contribution in [0.3, 0.4) is 0 Å². The molecule has 1 amide bonds. The molecule has 1 saturated carbocycles. The van der Waals surface area contributed by atoms with E-state index in [9.17, 15) is 9.18 Å². The van der Waals surface area contributed by atoms with Crippen molar-refractivity contribution in [2.24, 2.45) is 5.92 Å². The Bertz CT molecular complexity index is 563. The van der Waals surface area contributed by atoms with E-state index in [1.54, 1.807) is 12.1 Å². The first kappa shape index (κ1) is 11.8. The quantitative estimate of drug-likeness (QED) is 0.881. The zero-order valence-corrected chi connectivity index (χ0v) is 10.1. The number of H-pyrrole nitrogens is 1. The second-order valence-electron chi connectivity index (χ2n) is 4.70. The Kier molecular flexibility index (Phi) is 2.98. The summed E-state index contributed by atoms with van der Waals surface area (Å²) in [5.74, 6) is -0.127. The highest BCUT2D eigenvalue weighted by atomic mass is 19.1. The molecule has 1 aliphatic rings. The van der Waals surface area contributed by atoms with Crippen LogP contribution in [0.1, 0.15) is 34.9 Å². The number of hydrogen-bond donors (Lipinski definition) is 2. The number of nitrogens with zero attached hydrogens (tertiary/aromatic N) is 2. The second kappa shape index (κ2) is 4.79. The molecule has 5 nitrogen and oxygen atoms in total. The third-order valence-electron chi connectivity index (χ3n) is 3.26. The molecule has 2 aromatic rings. The van der Waals surface area contributed by atoms with Crippen LogP contribution in [0, 0.1) is 11.7 Å². The molecule has 6 heteroatoms. The van der Waals surface area contributed by atoms with E-state index in [0.717, 1.165) is 18.4 Å².